The quantitative estimate of drug-likeness (QED) is 0.686. The topological polar surface area (TPSA) is 106 Å². The second-order valence-corrected chi connectivity index (χ2v) is 5.60. The first-order chi connectivity index (χ1) is 12.5. The van der Waals surface area contributed by atoms with Gasteiger partial charge in [0, 0.05) is 17.3 Å². The number of allylic oxidation sites excluding steroid dienone is 1. The Morgan fingerprint density at radius 2 is 2.27 bits per heavy atom. The monoisotopic (exact) mass is 353 g/mol. The zero-order chi connectivity index (χ0) is 18.7. The average molecular weight is 353 g/mol. The Bertz CT molecular complexity index is 1010. The summed E-state index contributed by atoms with van der Waals surface area (Å²) in [7, 11) is 0. The van der Waals surface area contributed by atoms with E-state index < -0.39 is 0 Å². The molecule has 0 radical (unpaired) electrons. The van der Waals surface area contributed by atoms with Crippen molar-refractivity contribution in [1.82, 2.24) is 19.7 Å². The highest BCUT2D eigenvalue weighted by Crippen LogP contribution is 2.24. The molecule has 0 aliphatic heterocycles. The molecule has 2 N–H and O–H groups in total. The highest BCUT2D eigenvalue weighted by atomic mass is 16.3. The van der Waals surface area contributed by atoms with E-state index in [4.69, 9.17) is 4.42 Å². The van der Waals surface area contributed by atoms with E-state index in [9.17, 15) is 9.59 Å². The van der Waals surface area contributed by atoms with Crippen LogP contribution in [0.5, 0.6) is 0 Å². The van der Waals surface area contributed by atoms with Crippen LogP contribution in [-0.2, 0) is 11.2 Å². The molecular formula is C18H19N5O3. The minimum absolute atomic E-state index is 0.221. The van der Waals surface area contributed by atoms with Crippen LogP contribution in [0.3, 0.4) is 0 Å². The van der Waals surface area contributed by atoms with Gasteiger partial charge in [0.05, 0.1) is 6.26 Å². The van der Waals surface area contributed by atoms with E-state index in [1.165, 1.54) is 17.0 Å². The van der Waals surface area contributed by atoms with Crippen molar-refractivity contribution in [3.63, 3.8) is 0 Å². The van der Waals surface area contributed by atoms with Crippen molar-refractivity contribution in [1.29, 1.82) is 0 Å². The molecule has 0 saturated carbocycles. The van der Waals surface area contributed by atoms with Gasteiger partial charge in [-0.2, -0.15) is 9.78 Å². The minimum atomic E-state index is -0.316. The van der Waals surface area contributed by atoms with Gasteiger partial charge in [-0.1, -0.05) is 13.0 Å². The van der Waals surface area contributed by atoms with Crippen molar-refractivity contribution in [3.8, 4) is 17.4 Å². The summed E-state index contributed by atoms with van der Waals surface area (Å²) < 4.78 is 6.75. The number of aromatic nitrogens is 4. The molecule has 1 amide bonds. The number of hydrogen-bond acceptors (Lipinski definition) is 5. The predicted octanol–water partition coefficient (Wildman–Crippen LogP) is 2.60. The highest BCUT2D eigenvalue weighted by molar-refractivity contribution is 5.99. The lowest BCUT2D eigenvalue weighted by molar-refractivity contribution is -0.111. The molecule has 0 fully saturated rings. The first kappa shape index (κ1) is 17.4. The van der Waals surface area contributed by atoms with Crippen molar-refractivity contribution in [3.05, 3.63) is 58.2 Å². The van der Waals surface area contributed by atoms with E-state index in [0.29, 0.717) is 35.0 Å². The smallest absolute Gasteiger partial charge is 0.255 e. The second kappa shape index (κ2) is 7.22. The zero-order valence-electron chi connectivity index (χ0n) is 14.7. The Labute approximate surface area is 149 Å². The Hall–Kier alpha value is -3.42. The Morgan fingerprint density at radius 1 is 1.46 bits per heavy atom. The minimum Gasteiger partial charge on any atom is -0.463 e. The van der Waals surface area contributed by atoms with Crippen molar-refractivity contribution >= 4 is 11.7 Å². The van der Waals surface area contributed by atoms with Gasteiger partial charge in [-0.3, -0.25) is 14.6 Å². The van der Waals surface area contributed by atoms with E-state index in [1.54, 1.807) is 38.1 Å². The molecule has 0 unspecified atom stereocenters. The van der Waals surface area contributed by atoms with Crippen molar-refractivity contribution in [2.24, 2.45) is 0 Å². The molecule has 26 heavy (non-hydrogen) atoms. The van der Waals surface area contributed by atoms with Crippen LogP contribution in [0.2, 0.25) is 0 Å². The normalized spacial score (nSPS) is 11.2. The number of rotatable bonds is 5. The zero-order valence-corrected chi connectivity index (χ0v) is 14.7. The molecule has 3 rings (SSSR count). The van der Waals surface area contributed by atoms with Gasteiger partial charge < -0.3 is 9.73 Å². The van der Waals surface area contributed by atoms with Crippen LogP contribution < -0.4 is 10.9 Å². The third-order valence-electron chi connectivity index (χ3n) is 3.82. The summed E-state index contributed by atoms with van der Waals surface area (Å²) in [6.07, 6.45) is 5.14. The number of hydrogen-bond donors (Lipinski definition) is 2. The fourth-order valence-corrected chi connectivity index (χ4v) is 2.61. The number of aryl methyl sites for hydroxylation is 1. The lowest BCUT2D eigenvalue weighted by Gasteiger charge is -2.08. The number of furan rings is 1. The second-order valence-electron chi connectivity index (χ2n) is 5.60. The summed E-state index contributed by atoms with van der Waals surface area (Å²) >= 11 is 0. The van der Waals surface area contributed by atoms with Gasteiger partial charge in [-0.15, -0.1) is 0 Å². The van der Waals surface area contributed by atoms with Crippen LogP contribution in [0.25, 0.3) is 17.4 Å². The molecule has 134 valence electrons. The van der Waals surface area contributed by atoms with Gasteiger partial charge >= 0.3 is 0 Å². The molecule has 0 bridgehead atoms. The van der Waals surface area contributed by atoms with Gasteiger partial charge in [0.2, 0.25) is 11.9 Å². The Balaban J connectivity index is 2.13. The number of nitrogens with zero attached hydrogens (tertiary/aromatic N) is 3. The first-order valence-corrected chi connectivity index (χ1v) is 8.21. The molecule has 8 nitrogen and oxygen atoms in total. The SMILES string of the molecule is C/C=C\C(=O)Nc1cc(-c2ccco2)nn1-c1nc(C)c(CC)c(=O)[nH]1. The number of nitrogens with one attached hydrogen (secondary N) is 2. The van der Waals surface area contributed by atoms with Gasteiger partial charge in [-0.05, 0) is 38.5 Å². The third-order valence-corrected chi connectivity index (χ3v) is 3.82. The largest absolute Gasteiger partial charge is 0.463 e. The predicted molar refractivity (Wildman–Crippen MR) is 97.2 cm³/mol. The van der Waals surface area contributed by atoms with Crippen LogP contribution in [0.4, 0.5) is 5.82 Å². The van der Waals surface area contributed by atoms with E-state index in [-0.39, 0.29) is 17.4 Å². The molecule has 0 aliphatic rings. The molecular weight excluding hydrogens is 334 g/mol. The lowest BCUT2D eigenvalue weighted by atomic mass is 10.2. The highest BCUT2D eigenvalue weighted by Gasteiger charge is 2.17. The van der Waals surface area contributed by atoms with E-state index >= 15 is 0 Å². The van der Waals surface area contributed by atoms with Crippen LogP contribution in [0, 0.1) is 6.92 Å². The standard InChI is InChI=1S/C18H19N5O3/c1-4-7-16(24)20-15-10-13(14-8-6-9-26-14)22-23(15)18-19-11(3)12(5-2)17(25)21-18/h4,6-10H,5H2,1-3H3,(H,20,24)(H,19,21,25)/b7-4-. The van der Waals surface area contributed by atoms with Crippen LogP contribution in [0.1, 0.15) is 25.1 Å². The summed E-state index contributed by atoms with van der Waals surface area (Å²) in [5.41, 5.74) is 1.51. The maximum Gasteiger partial charge on any atom is 0.255 e. The summed E-state index contributed by atoms with van der Waals surface area (Å²) in [5.74, 6) is 0.808. The lowest BCUT2D eigenvalue weighted by Crippen LogP contribution is -2.21. The van der Waals surface area contributed by atoms with E-state index in [1.807, 2.05) is 6.92 Å². The number of carbonyl (C=O) groups excluding carboxylic acids is 1. The molecule has 0 aromatic carbocycles. The van der Waals surface area contributed by atoms with E-state index in [2.05, 4.69) is 20.4 Å². The van der Waals surface area contributed by atoms with E-state index in [0.717, 1.165) is 0 Å². The van der Waals surface area contributed by atoms with Crippen molar-refractivity contribution in [2.75, 3.05) is 5.32 Å². The molecule has 0 spiro atoms. The molecule has 3 aromatic rings. The summed E-state index contributed by atoms with van der Waals surface area (Å²) in [6.45, 7) is 5.41. The van der Waals surface area contributed by atoms with Crippen LogP contribution in [0.15, 0.2) is 45.8 Å². The maximum absolute atomic E-state index is 12.3. The number of amides is 1. The summed E-state index contributed by atoms with van der Waals surface area (Å²) in [4.78, 5) is 31.4. The van der Waals surface area contributed by atoms with Crippen molar-refractivity contribution in [2.45, 2.75) is 27.2 Å². The van der Waals surface area contributed by atoms with Crippen LogP contribution in [-0.4, -0.2) is 25.7 Å². The maximum atomic E-state index is 12.3. The molecule has 0 atom stereocenters. The Morgan fingerprint density at radius 3 is 2.88 bits per heavy atom. The van der Waals surface area contributed by atoms with Gasteiger partial charge in [0.1, 0.15) is 11.5 Å². The summed E-state index contributed by atoms with van der Waals surface area (Å²) in [5, 5.41) is 7.16. The molecule has 0 aliphatic carbocycles. The third kappa shape index (κ3) is 3.34. The molecule has 0 saturated heterocycles. The number of carbonyl (C=O) groups is 1. The van der Waals surface area contributed by atoms with Gasteiger partial charge in [0.15, 0.2) is 5.76 Å². The average Bonchev–Trinajstić information content (AvgIpc) is 3.24. The molecule has 8 heteroatoms. The van der Waals surface area contributed by atoms with Crippen LogP contribution >= 0.6 is 0 Å². The number of H-pyrrole nitrogens is 1. The fraction of sp³-hybridized carbons (Fsp3) is 0.222. The van der Waals surface area contributed by atoms with Gasteiger partial charge in [0.25, 0.3) is 5.56 Å². The van der Waals surface area contributed by atoms with Crippen molar-refractivity contribution < 1.29 is 9.21 Å². The molecule has 3 aromatic heterocycles. The first-order valence-electron chi connectivity index (χ1n) is 8.21. The van der Waals surface area contributed by atoms with Gasteiger partial charge in [-0.25, -0.2) is 4.98 Å². The number of aromatic amines is 1. The fourth-order valence-electron chi connectivity index (χ4n) is 2.61. The molecule has 3 heterocycles. The Kier molecular flexibility index (Phi) is 4.83. The number of anilines is 1. The summed E-state index contributed by atoms with van der Waals surface area (Å²) in [6, 6.07) is 5.15.